The van der Waals surface area contributed by atoms with E-state index < -0.39 is 0 Å². The Balaban J connectivity index is 1.37. The predicted molar refractivity (Wildman–Crippen MR) is 139 cm³/mol. The van der Waals surface area contributed by atoms with Crippen LogP contribution in [0.5, 0.6) is 0 Å². The van der Waals surface area contributed by atoms with E-state index >= 15 is 0 Å². The van der Waals surface area contributed by atoms with Gasteiger partial charge < -0.3 is 16.4 Å². The number of carbonyl (C=O) groups is 1. The molecule has 3 aromatic rings. The molecule has 5 rings (SSSR count). The number of nitrogen functional groups attached to an aromatic ring is 1. The zero-order valence-electron chi connectivity index (χ0n) is 19.4. The van der Waals surface area contributed by atoms with E-state index in [9.17, 15) is 4.79 Å². The van der Waals surface area contributed by atoms with Crippen LogP contribution in [-0.4, -0.2) is 51.8 Å². The summed E-state index contributed by atoms with van der Waals surface area (Å²) in [4.78, 5) is 19.5. The third-order valence-electron chi connectivity index (χ3n) is 6.84. The van der Waals surface area contributed by atoms with E-state index in [4.69, 9.17) is 34.0 Å². The molecular formula is C25H29Cl2N7O. The van der Waals surface area contributed by atoms with E-state index in [0.29, 0.717) is 21.7 Å². The summed E-state index contributed by atoms with van der Waals surface area (Å²) < 4.78 is 2.04. The fourth-order valence-corrected chi connectivity index (χ4v) is 5.42. The maximum absolute atomic E-state index is 13.0. The number of benzene rings is 1. The molecule has 35 heavy (non-hydrogen) atoms. The maximum Gasteiger partial charge on any atom is 0.259 e. The number of aromatic nitrogens is 3. The quantitative estimate of drug-likeness (QED) is 0.453. The van der Waals surface area contributed by atoms with Crippen LogP contribution in [0.2, 0.25) is 10.0 Å². The summed E-state index contributed by atoms with van der Waals surface area (Å²) in [5.41, 5.74) is 9.02. The van der Waals surface area contributed by atoms with Gasteiger partial charge in [-0.05, 0) is 68.7 Å². The molecule has 0 aliphatic carbocycles. The van der Waals surface area contributed by atoms with Crippen LogP contribution in [0.15, 0.2) is 42.7 Å². The molecule has 0 unspecified atom stereocenters. The van der Waals surface area contributed by atoms with E-state index in [0.717, 1.165) is 68.9 Å². The van der Waals surface area contributed by atoms with Gasteiger partial charge in [0.25, 0.3) is 5.91 Å². The molecule has 0 bridgehead atoms. The summed E-state index contributed by atoms with van der Waals surface area (Å²) in [5.74, 6) is 0.138. The minimum absolute atomic E-state index is 0.200. The highest BCUT2D eigenvalue weighted by Crippen LogP contribution is 2.35. The predicted octanol–water partition coefficient (Wildman–Crippen LogP) is 4.33. The van der Waals surface area contributed by atoms with Crippen LogP contribution in [0.1, 0.15) is 52.8 Å². The third-order valence-corrected chi connectivity index (χ3v) is 7.43. The van der Waals surface area contributed by atoms with Crippen molar-refractivity contribution in [3.8, 4) is 0 Å². The maximum atomic E-state index is 13.0. The number of halogens is 2. The summed E-state index contributed by atoms with van der Waals surface area (Å²) in [6.45, 7) is 4.43. The molecule has 2 aliphatic rings. The fraction of sp³-hybridized carbons (Fsp3) is 0.400. The first-order chi connectivity index (χ1) is 17.0. The number of rotatable bonds is 6. The van der Waals surface area contributed by atoms with E-state index in [1.807, 2.05) is 23.0 Å². The van der Waals surface area contributed by atoms with Crippen molar-refractivity contribution in [2.45, 2.75) is 37.8 Å². The van der Waals surface area contributed by atoms with Crippen molar-refractivity contribution in [2.24, 2.45) is 0 Å². The van der Waals surface area contributed by atoms with Crippen molar-refractivity contribution in [2.75, 3.05) is 37.2 Å². The molecule has 1 atom stereocenters. The number of hydrogen-bond acceptors (Lipinski definition) is 6. The van der Waals surface area contributed by atoms with Crippen LogP contribution in [0.3, 0.4) is 0 Å². The summed E-state index contributed by atoms with van der Waals surface area (Å²) in [5, 5.41) is 12.8. The van der Waals surface area contributed by atoms with Crippen LogP contribution >= 0.6 is 23.2 Å². The number of anilines is 2. The van der Waals surface area contributed by atoms with Gasteiger partial charge in [0.1, 0.15) is 5.82 Å². The lowest BCUT2D eigenvalue weighted by Crippen LogP contribution is -2.29. The summed E-state index contributed by atoms with van der Waals surface area (Å²) >= 11 is 12.5. The SMILES string of the molecule is Nc1ncccc1C(=O)Nc1cn(C2CCNCC2)nc1[C@@H]1CCN(Cc2ccc(Cl)cc2Cl)C1. The zero-order chi connectivity index (χ0) is 24.4. The lowest BCUT2D eigenvalue weighted by atomic mass is 10.0. The van der Waals surface area contributed by atoms with Crippen molar-refractivity contribution in [3.63, 3.8) is 0 Å². The number of likely N-dealkylation sites (tertiary alicyclic amines) is 1. The number of piperidine rings is 1. The Morgan fingerprint density at radius 1 is 1.20 bits per heavy atom. The molecule has 4 heterocycles. The molecule has 10 heteroatoms. The number of pyridine rings is 1. The molecule has 2 fully saturated rings. The molecule has 0 spiro atoms. The molecule has 8 nitrogen and oxygen atoms in total. The molecule has 0 saturated carbocycles. The van der Waals surface area contributed by atoms with Crippen LogP contribution in [0.25, 0.3) is 0 Å². The lowest BCUT2D eigenvalue weighted by molar-refractivity contribution is 0.102. The molecular weight excluding hydrogens is 485 g/mol. The molecule has 2 saturated heterocycles. The van der Waals surface area contributed by atoms with Crippen molar-refractivity contribution in [3.05, 3.63) is 69.6 Å². The molecule has 184 valence electrons. The summed E-state index contributed by atoms with van der Waals surface area (Å²) in [7, 11) is 0. The van der Waals surface area contributed by atoms with Gasteiger partial charge in [-0.15, -0.1) is 0 Å². The first kappa shape index (κ1) is 24.1. The largest absolute Gasteiger partial charge is 0.383 e. The van der Waals surface area contributed by atoms with Gasteiger partial charge in [0.15, 0.2) is 0 Å². The Hall–Kier alpha value is -2.65. The Morgan fingerprint density at radius 3 is 2.80 bits per heavy atom. The van der Waals surface area contributed by atoms with Crippen LogP contribution < -0.4 is 16.4 Å². The monoisotopic (exact) mass is 513 g/mol. The van der Waals surface area contributed by atoms with Crippen molar-refractivity contribution < 1.29 is 4.79 Å². The Kier molecular flexibility index (Phi) is 7.24. The van der Waals surface area contributed by atoms with Gasteiger partial charge in [-0.2, -0.15) is 5.10 Å². The Bertz CT molecular complexity index is 1210. The van der Waals surface area contributed by atoms with Gasteiger partial charge in [-0.1, -0.05) is 29.3 Å². The number of nitrogens with zero attached hydrogens (tertiary/aromatic N) is 4. The number of nitrogens with one attached hydrogen (secondary N) is 2. The van der Waals surface area contributed by atoms with Gasteiger partial charge in [-0.25, -0.2) is 4.98 Å². The second-order valence-electron chi connectivity index (χ2n) is 9.24. The van der Waals surface area contributed by atoms with Crippen molar-refractivity contribution >= 4 is 40.6 Å². The average molecular weight is 514 g/mol. The normalized spacial score (nSPS) is 19.2. The number of nitrogens with two attached hydrogens (primary N) is 1. The zero-order valence-corrected chi connectivity index (χ0v) is 20.9. The van der Waals surface area contributed by atoms with Crippen LogP contribution in [-0.2, 0) is 6.54 Å². The smallest absolute Gasteiger partial charge is 0.259 e. The molecule has 2 aromatic heterocycles. The van der Waals surface area contributed by atoms with Gasteiger partial charge >= 0.3 is 0 Å². The first-order valence-corrected chi connectivity index (χ1v) is 12.7. The van der Waals surface area contributed by atoms with Gasteiger partial charge in [0.05, 0.1) is 23.0 Å². The molecule has 0 radical (unpaired) electrons. The second-order valence-corrected chi connectivity index (χ2v) is 10.1. The van der Waals surface area contributed by atoms with Crippen molar-refractivity contribution in [1.29, 1.82) is 0 Å². The van der Waals surface area contributed by atoms with Gasteiger partial charge in [-0.3, -0.25) is 14.4 Å². The third kappa shape index (κ3) is 5.46. The summed E-state index contributed by atoms with van der Waals surface area (Å²) in [6, 6.07) is 9.34. The average Bonchev–Trinajstić information content (AvgIpc) is 3.49. The molecule has 4 N–H and O–H groups in total. The fourth-order valence-electron chi connectivity index (χ4n) is 4.95. The number of amides is 1. The second kappa shape index (κ2) is 10.5. The Labute approximate surface area is 214 Å². The first-order valence-electron chi connectivity index (χ1n) is 12.0. The standard InChI is InChI=1S/C25H29Cl2N7O/c26-18-4-3-16(21(27)12-18)13-33-11-7-17(14-33)23-22(15-34(32-23)19-5-9-29-10-6-19)31-25(35)20-2-1-8-30-24(20)28/h1-4,8,12,15,17,19,29H,5-7,9-11,13-14H2,(H2,28,30)(H,31,35)/t17-/m1/s1. The minimum atomic E-state index is -0.274. The van der Waals surface area contributed by atoms with E-state index in [1.54, 1.807) is 24.4 Å². The van der Waals surface area contributed by atoms with Crippen molar-refractivity contribution in [1.82, 2.24) is 25.0 Å². The van der Waals surface area contributed by atoms with Gasteiger partial charge in [0, 0.05) is 41.4 Å². The highest BCUT2D eigenvalue weighted by molar-refractivity contribution is 6.35. The highest BCUT2D eigenvalue weighted by Gasteiger charge is 2.30. The van der Waals surface area contributed by atoms with E-state index in [-0.39, 0.29) is 17.6 Å². The van der Waals surface area contributed by atoms with Crippen LogP contribution in [0, 0.1) is 0 Å². The van der Waals surface area contributed by atoms with E-state index in [2.05, 4.69) is 20.5 Å². The molecule has 1 amide bonds. The molecule has 1 aromatic carbocycles. The number of hydrogen-bond donors (Lipinski definition) is 3. The Morgan fingerprint density at radius 2 is 2.03 bits per heavy atom. The number of carbonyl (C=O) groups excluding carboxylic acids is 1. The van der Waals surface area contributed by atoms with E-state index in [1.165, 1.54) is 0 Å². The topological polar surface area (TPSA) is 101 Å². The summed E-state index contributed by atoms with van der Waals surface area (Å²) in [6.07, 6.45) is 6.53. The minimum Gasteiger partial charge on any atom is -0.383 e. The lowest BCUT2D eigenvalue weighted by Gasteiger charge is -2.22. The highest BCUT2D eigenvalue weighted by atomic mass is 35.5. The molecule has 2 aliphatic heterocycles. The van der Waals surface area contributed by atoms with Crippen LogP contribution in [0.4, 0.5) is 11.5 Å². The van der Waals surface area contributed by atoms with Gasteiger partial charge in [0.2, 0.25) is 0 Å².